The lowest BCUT2D eigenvalue weighted by Crippen LogP contribution is -2.42. The molecule has 1 fully saturated rings. The van der Waals surface area contributed by atoms with E-state index in [-0.39, 0.29) is 11.4 Å². The predicted molar refractivity (Wildman–Crippen MR) is 129 cm³/mol. The van der Waals surface area contributed by atoms with Gasteiger partial charge in [0, 0.05) is 24.8 Å². The number of carbonyl (C=O) groups excluding carboxylic acids is 1. The molecule has 2 aromatic rings. The van der Waals surface area contributed by atoms with Crippen molar-refractivity contribution in [3.63, 3.8) is 0 Å². The van der Waals surface area contributed by atoms with Crippen molar-refractivity contribution in [2.24, 2.45) is 4.99 Å². The molecule has 2 aliphatic rings. The van der Waals surface area contributed by atoms with Crippen molar-refractivity contribution in [3.05, 3.63) is 70.6 Å². The van der Waals surface area contributed by atoms with Crippen molar-refractivity contribution >= 4 is 45.9 Å². The summed E-state index contributed by atoms with van der Waals surface area (Å²) in [7, 11) is 2.13. The Morgan fingerprint density at radius 3 is 2.57 bits per heavy atom. The normalized spacial score (nSPS) is 20.7. The van der Waals surface area contributed by atoms with Gasteiger partial charge in [-0.2, -0.15) is 0 Å². The number of amidine groups is 1. The lowest BCUT2D eigenvalue weighted by Gasteiger charge is -2.40. The third kappa shape index (κ3) is 3.70. The zero-order valence-corrected chi connectivity index (χ0v) is 19.0. The van der Waals surface area contributed by atoms with Crippen molar-refractivity contribution in [2.75, 3.05) is 18.5 Å². The number of likely N-dealkylation sites (N-methyl/N-ethyl adjacent to an activating group) is 2. The second-order valence-corrected chi connectivity index (χ2v) is 9.22. The maximum Gasteiger partial charge on any atom is 0.266 e. The Morgan fingerprint density at radius 2 is 1.87 bits per heavy atom. The largest absolute Gasteiger partial charge is 0.366 e. The number of para-hydroxylation sites is 1. The van der Waals surface area contributed by atoms with Crippen LogP contribution in [0.2, 0.25) is 0 Å². The maximum absolute atomic E-state index is 13.0. The van der Waals surface area contributed by atoms with Gasteiger partial charge in [-0.25, -0.2) is 4.99 Å². The van der Waals surface area contributed by atoms with Crippen LogP contribution in [0.1, 0.15) is 38.8 Å². The first-order valence-corrected chi connectivity index (χ1v) is 11.0. The van der Waals surface area contributed by atoms with Gasteiger partial charge in [0.25, 0.3) is 5.91 Å². The molecule has 154 valence electrons. The van der Waals surface area contributed by atoms with Gasteiger partial charge < -0.3 is 4.90 Å². The number of allylic oxidation sites excluding steroid dienone is 1. The van der Waals surface area contributed by atoms with Gasteiger partial charge in [-0.3, -0.25) is 9.69 Å². The molecule has 4 rings (SSSR count). The van der Waals surface area contributed by atoms with Gasteiger partial charge in [0.15, 0.2) is 5.17 Å². The van der Waals surface area contributed by atoms with E-state index in [0.29, 0.717) is 11.4 Å². The van der Waals surface area contributed by atoms with E-state index in [1.54, 1.807) is 4.90 Å². The average Bonchev–Trinajstić information content (AvgIpc) is 3.01. The molecule has 2 aromatic carbocycles. The molecular weight excluding hydrogens is 390 g/mol. The van der Waals surface area contributed by atoms with Crippen LogP contribution in [-0.4, -0.2) is 35.1 Å². The zero-order chi connectivity index (χ0) is 21.5. The van der Waals surface area contributed by atoms with E-state index in [2.05, 4.69) is 62.0 Å². The van der Waals surface area contributed by atoms with Crippen LogP contribution in [-0.2, 0) is 4.79 Å². The molecule has 1 saturated heterocycles. The highest BCUT2D eigenvalue weighted by molar-refractivity contribution is 8.18. The Labute approximate surface area is 183 Å². The number of rotatable bonds is 3. The van der Waals surface area contributed by atoms with Crippen molar-refractivity contribution in [3.8, 4) is 0 Å². The first kappa shape index (κ1) is 20.5. The highest BCUT2D eigenvalue weighted by atomic mass is 32.2. The lowest BCUT2D eigenvalue weighted by atomic mass is 9.88. The van der Waals surface area contributed by atoms with Crippen LogP contribution in [0.4, 0.5) is 11.4 Å². The maximum atomic E-state index is 13.0. The lowest BCUT2D eigenvalue weighted by molar-refractivity contribution is -0.122. The van der Waals surface area contributed by atoms with E-state index in [4.69, 9.17) is 0 Å². The summed E-state index contributed by atoms with van der Waals surface area (Å²) in [5.41, 5.74) is 5.57. The number of fused-ring (bicyclic) bond motifs is 1. The van der Waals surface area contributed by atoms with E-state index in [1.807, 2.05) is 43.3 Å². The third-order valence-corrected chi connectivity index (χ3v) is 6.73. The van der Waals surface area contributed by atoms with Gasteiger partial charge in [-0.1, -0.05) is 30.3 Å². The number of carbonyl (C=O) groups is 1. The molecule has 4 nitrogen and oxygen atoms in total. The van der Waals surface area contributed by atoms with Crippen LogP contribution in [0.5, 0.6) is 0 Å². The van der Waals surface area contributed by atoms with Crippen LogP contribution in [0.25, 0.3) is 11.6 Å². The van der Waals surface area contributed by atoms with Crippen molar-refractivity contribution in [1.82, 2.24) is 4.90 Å². The molecule has 0 aliphatic carbocycles. The molecule has 0 spiro atoms. The third-order valence-electron chi connectivity index (χ3n) is 5.72. The van der Waals surface area contributed by atoms with E-state index in [0.717, 1.165) is 16.4 Å². The van der Waals surface area contributed by atoms with Gasteiger partial charge in [0.2, 0.25) is 0 Å². The first-order chi connectivity index (χ1) is 14.3. The molecule has 0 bridgehead atoms. The van der Waals surface area contributed by atoms with Crippen LogP contribution >= 0.6 is 11.8 Å². The van der Waals surface area contributed by atoms with Gasteiger partial charge in [-0.05, 0) is 80.9 Å². The number of benzene rings is 2. The van der Waals surface area contributed by atoms with Gasteiger partial charge in [-0.15, -0.1) is 0 Å². The molecule has 0 unspecified atom stereocenters. The topological polar surface area (TPSA) is 35.9 Å². The summed E-state index contributed by atoms with van der Waals surface area (Å²) in [5.74, 6) is 0.0143. The Morgan fingerprint density at radius 1 is 1.13 bits per heavy atom. The summed E-state index contributed by atoms with van der Waals surface area (Å²) in [5, 5.41) is 0.732. The molecule has 0 saturated carbocycles. The van der Waals surface area contributed by atoms with Gasteiger partial charge in [0.05, 0.1) is 16.1 Å². The van der Waals surface area contributed by atoms with E-state index < -0.39 is 0 Å². The number of anilines is 1. The standard InChI is InChI=1S/C25H27N3OS/c1-6-28-23(29)22(30-24(28)26-19-10-8-7-9-11-19)15-18-12-13-21-20(14-18)17(2)16-25(3,4)27(21)5/h7-16H,6H2,1-5H3/b22-15+,26-24?. The number of amides is 1. The van der Waals surface area contributed by atoms with Crippen molar-refractivity contribution in [2.45, 2.75) is 33.2 Å². The summed E-state index contributed by atoms with van der Waals surface area (Å²) in [4.78, 5) is 22.4. The van der Waals surface area contributed by atoms with E-state index in [1.165, 1.54) is 28.6 Å². The minimum absolute atomic E-state index is 0.0143. The van der Waals surface area contributed by atoms with Crippen molar-refractivity contribution in [1.29, 1.82) is 0 Å². The second-order valence-electron chi connectivity index (χ2n) is 8.21. The van der Waals surface area contributed by atoms with Crippen LogP contribution in [0.3, 0.4) is 0 Å². The molecule has 0 aromatic heterocycles. The molecule has 0 radical (unpaired) electrons. The number of nitrogens with zero attached hydrogens (tertiary/aromatic N) is 3. The second kappa shape index (κ2) is 7.80. The SMILES string of the molecule is CCN1C(=O)/C(=C\c2ccc3c(c2)C(C)=CC(C)(C)N3C)SC1=Nc1ccccc1. The Kier molecular flexibility index (Phi) is 5.33. The molecule has 5 heteroatoms. The fourth-order valence-electron chi connectivity index (χ4n) is 3.90. The number of hydrogen-bond acceptors (Lipinski definition) is 4. The molecule has 30 heavy (non-hydrogen) atoms. The molecule has 0 N–H and O–H groups in total. The van der Waals surface area contributed by atoms with Gasteiger partial charge in [0.1, 0.15) is 0 Å². The summed E-state index contributed by atoms with van der Waals surface area (Å²) < 4.78 is 0. The van der Waals surface area contributed by atoms with Crippen LogP contribution < -0.4 is 4.90 Å². The van der Waals surface area contributed by atoms with Crippen LogP contribution in [0.15, 0.2) is 64.5 Å². The monoisotopic (exact) mass is 417 g/mol. The Hall–Kier alpha value is -2.79. The first-order valence-electron chi connectivity index (χ1n) is 10.2. The highest BCUT2D eigenvalue weighted by Gasteiger charge is 2.32. The fraction of sp³-hybridized carbons (Fsp3) is 0.280. The highest BCUT2D eigenvalue weighted by Crippen LogP contribution is 2.39. The molecule has 2 aliphatic heterocycles. The number of thioether (sulfide) groups is 1. The van der Waals surface area contributed by atoms with Crippen molar-refractivity contribution < 1.29 is 4.79 Å². The minimum atomic E-state index is -0.0151. The van der Waals surface area contributed by atoms with E-state index in [9.17, 15) is 4.79 Å². The van der Waals surface area contributed by atoms with Gasteiger partial charge >= 0.3 is 0 Å². The quantitative estimate of drug-likeness (QED) is 0.580. The molecule has 1 amide bonds. The fourth-order valence-corrected chi connectivity index (χ4v) is 4.96. The Balaban J connectivity index is 1.68. The minimum Gasteiger partial charge on any atom is -0.366 e. The van der Waals surface area contributed by atoms with Crippen LogP contribution in [0, 0.1) is 0 Å². The van der Waals surface area contributed by atoms with E-state index >= 15 is 0 Å². The average molecular weight is 418 g/mol. The number of hydrogen-bond donors (Lipinski definition) is 0. The number of aliphatic imine (C=N–C) groups is 1. The zero-order valence-electron chi connectivity index (χ0n) is 18.1. The predicted octanol–water partition coefficient (Wildman–Crippen LogP) is 5.94. The molecular formula is C25H27N3OS. The summed E-state index contributed by atoms with van der Waals surface area (Å²) in [6.07, 6.45) is 4.28. The summed E-state index contributed by atoms with van der Waals surface area (Å²) >= 11 is 1.44. The Bertz CT molecular complexity index is 1080. The smallest absolute Gasteiger partial charge is 0.266 e. The molecule has 0 atom stereocenters. The summed E-state index contributed by atoms with van der Waals surface area (Å²) in [6, 6.07) is 16.2. The summed E-state index contributed by atoms with van der Waals surface area (Å²) in [6.45, 7) is 9.17. The molecule has 2 heterocycles.